The molecule has 0 aromatic heterocycles. The van der Waals surface area contributed by atoms with E-state index in [0.29, 0.717) is 0 Å². The van der Waals surface area contributed by atoms with E-state index in [9.17, 15) is 9.59 Å². The van der Waals surface area contributed by atoms with Crippen molar-refractivity contribution in [2.45, 2.75) is 19.3 Å². The molecule has 0 saturated heterocycles. The van der Waals surface area contributed by atoms with Crippen molar-refractivity contribution in [1.82, 2.24) is 5.43 Å². The summed E-state index contributed by atoms with van der Waals surface area (Å²) in [5.41, 5.74) is 3.17. The maximum Gasteiger partial charge on any atom is 0.253 e. The Hall–Kier alpha value is -1.88. The van der Waals surface area contributed by atoms with Crippen LogP contribution in [0.2, 0.25) is 0 Å². The fraction of sp³-hybridized carbons (Fsp3) is 0.333. The number of nitrogens with one attached hydrogen (secondary N) is 1. The van der Waals surface area contributed by atoms with Gasteiger partial charge in [0.2, 0.25) is 5.91 Å². The predicted octanol–water partition coefficient (Wildman–Crippen LogP) is 0.301. The smallest absolute Gasteiger partial charge is 0.253 e. The van der Waals surface area contributed by atoms with Crippen molar-refractivity contribution >= 4 is 17.5 Å². The molecule has 0 fully saturated rings. The van der Waals surface area contributed by atoms with Crippen LogP contribution in [0.15, 0.2) is 24.3 Å². The molecule has 0 bridgehead atoms. The molecule has 1 aromatic carbocycles. The summed E-state index contributed by atoms with van der Waals surface area (Å²) in [6.07, 6.45) is 0. The van der Waals surface area contributed by atoms with E-state index in [0.717, 1.165) is 11.3 Å². The van der Waals surface area contributed by atoms with E-state index >= 15 is 0 Å². The largest absolute Gasteiger partial charge is 0.302 e. The number of para-hydroxylation sites is 1. The minimum atomic E-state index is -0.592. The molecule has 90 valence electrons. The lowest BCUT2D eigenvalue weighted by Gasteiger charge is -2.19. The third-order valence-electron chi connectivity index (χ3n) is 3.11. The third-order valence-corrected chi connectivity index (χ3v) is 3.11. The van der Waals surface area contributed by atoms with Gasteiger partial charge < -0.3 is 4.90 Å². The van der Waals surface area contributed by atoms with Gasteiger partial charge in [-0.05, 0) is 25.5 Å². The van der Waals surface area contributed by atoms with Gasteiger partial charge in [0.1, 0.15) is 6.54 Å². The Balaban J connectivity index is 2.43. The maximum absolute atomic E-state index is 12.2. The number of hydrogen-bond acceptors (Lipinski definition) is 3. The van der Waals surface area contributed by atoms with Gasteiger partial charge in [0.25, 0.3) is 5.91 Å². The molecular weight excluding hydrogens is 218 g/mol. The van der Waals surface area contributed by atoms with Crippen LogP contribution >= 0.6 is 0 Å². The molecule has 1 aromatic rings. The number of carbonyl (C=O) groups is 2. The Bertz CT molecular complexity index is 482. The van der Waals surface area contributed by atoms with Crippen molar-refractivity contribution in [1.29, 1.82) is 0 Å². The van der Waals surface area contributed by atoms with Gasteiger partial charge in [-0.25, -0.2) is 5.84 Å². The van der Waals surface area contributed by atoms with Gasteiger partial charge in [-0.15, -0.1) is 0 Å². The molecule has 0 saturated carbocycles. The Kier molecular flexibility index (Phi) is 2.63. The van der Waals surface area contributed by atoms with Crippen LogP contribution in [-0.2, 0) is 15.0 Å². The van der Waals surface area contributed by atoms with E-state index in [-0.39, 0.29) is 18.4 Å². The molecule has 0 unspecified atom stereocenters. The van der Waals surface area contributed by atoms with Gasteiger partial charge in [-0.2, -0.15) is 0 Å². The SMILES string of the molecule is CC1(C)C(=O)N(CC(=O)NN)c2ccccc21. The number of fused-ring (bicyclic) bond motifs is 1. The summed E-state index contributed by atoms with van der Waals surface area (Å²) in [6.45, 7) is 3.67. The van der Waals surface area contributed by atoms with Crippen LogP contribution in [0, 0.1) is 0 Å². The van der Waals surface area contributed by atoms with Crippen molar-refractivity contribution in [2.75, 3.05) is 11.4 Å². The van der Waals surface area contributed by atoms with Crippen LogP contribution in [0.5, 0.6) is 0 Å². The number of hydrogen-bond donors (Lipinski definition) is 2. The molecule has 0 radical (unpaired) electrons. The van der Waals surface area contributed by atoms with Crippen molar-refractivity contribution in [3.05, 3.63) is 29.8 Å². The van der Waals surface area contributed by atoms with Gasteiger partial charge in [0.15, 0.2) is 0 Å². The Morgan fingerprint density at radius 1 is 1.41 bits per heavy atom. The monoisotopic (exact) mass is 233 g/mol. The molecule has 1 aliphatic rings. The second-order valence-corrected chi connectivity index (χ2v) is 4.60. The quantitative estimate of drug-likeness (QED) is 0.438. The summed E-state index contributed by atoms with van der Waals surface area (Å²) in [5.74, 6) is 4.58. The lowest BCUT2D eigenvalue weighted by Crippen LogP contribution is -2.44. The highest BCUT2D eigenvalue weighted by molar-refractivity contribution is 6.10. The van der Waals surface area contributed by atoms with E-state index < -0.39 is 5.41 Å². The maximum atomic E-state index is 12.2. The van der Waals surface area contributed by atoms with E-state index in [2.05, 4.69) is 0 Å². The molecule has 0 spiro atoms. The average molecular weight is 233 g/mol. The molecule has 0 aliphatic carbocycles. The van der Waals surface area contributed by atoms with Crippen LogP contribution in [0.25, 0.3) is 0 Å². The normalized spacial score (nSPS) is 16.9. The minimum Gasteiger partial charge on any atom is -0.302 e. The van der Waals surface area contributed by atoms with Crippen LogP contribution in [0.1, 0.15) is 19.4 Å². The first-order valence-electron chi connectivity index (χ1n) is 5.39. The zero-order chi connectivity index (χ0) is 12.6. The standard InChI is InChI=1S/C12H15N3O2/c1-12(2)8-5-3-4-6-9(8)15(11(12)17)7-10(16)14-13/h3-6H,7,13H2,1-2H3,(H,14,16). The zero-order valence-electron chi connectivity index (χ0n) is 9.86. The highest BCUT2D eigenvalue weighted by Gasteiger charge is 2.43. The number of hydrazine groups is 1. The van der Waals surface area contributed by atoms with Crippen molar-refractivity contribution in [2.24, 2.45) is 5.84 Å². The minimum absolute atomic E-state index is 0.0459. The van der Waals surface area contributed by atoms with Crippen LogP contribution < -0.4 is 16.2 Å². The van der Waals surface area contributed by atoms with Crippen molar-refractivity contribution < 1.29 is 9.59 Å². The number of nitrogens with two attached hydrogens (primary N) is 1. The number of anilines is 1. The van der Waals surface area contributed by atoms with Gasteiger partial charge in [0, 0.05) is 5.69 Å². The molecule has 3 N–H and O–H groups in total. The molecule has 5 nitrogen and oxygen atoms in total. The van der Waals surface area contributed by atoms with Gasteiger partial charge in [-0.1, -0.05) is 18.2 Å². The number of nitrogens with zero attached hydrogens (tertiary/aromatic N) is 1. The highest BCUT2D eigenvalue weighted by Crippen LogP contribution is 2.40. The average Bonchev–Trinajstić information content (AvgIpc) is 2.51. The Morgan fingerprint density at radius 3 is 2.71 bits per heavy atom. The van der Waals surface area contributed by atoms with Crippen LogP contribution in [0.3, 0.4) is 0 Å². The molecule has 0 atom stereocenters. The summed E-state index contributed by atoms with van der Waals surface area (Å²) in [4.78, 5) is 25.0. The van der Waals surface area contributed by atoms with Crippen molar-refractivity contribution in [3.8, 4) is 0 Å². The number of amides is 2. The Morgan fingerprint density at radius 2 is 2.06 bits per heavy atom. The van der Waals surface area contributed by atoms with Crippen LogP contribution in [0.4, 0.5) is 5.69 Å². The summed E-state index contributed by atoms with van der Waals surface area (Å²) in [5, 5.41) is 0. The number of benzene rings is 1. The summed E-state index contributed by atoms with van der Waals surface area (Å²) >= 11 is 0. The second kappa shape index (κ2) is 3.85. The molecule has 2 rings (SSSR count). The lowest BCUT2D eigenvalue weighted by molar-refractivity contribution is -0.125. The highest BCUT2D eigenvalue weighted by atomic mass is 16.2. The molecule has 1 aliphatic heterocycles. The van der Waals surface area contributed by atoms with Gasteiger partial charge in [0.05, 0.1) is 5.41 Å². The zero-order valence-corrected chi connectivity index (χ0v) is 9.86. The van der Waals surface area contributed by atoms with Gasteiger partial charge in [-0.3, -0.25) is 15.0 Å². The lowest BCUT2D eigenvalue weighted by atomic mass is 9.86. The molecule has 1 heterocycles. The predicted molar refractivity (Wildman–Crippen MR) is 64.2 cm³/mol. The van der Waals surface area contributed by atoms with Crippen LogP contribution in [-0.4, -0.2) is 18.4 Å². The molecule has 17 heavy (non-hydrogen) atoms. The summed E-state index contributed by atoms with van der Waals surface area (Å²) < 4.78 is 0. The first-order chi connectivity index (χ1) is 7.98. The third kappa shape index (κ3) is 1.68. The summed E-state index contributed by atoms with van der Waals surface area (Å²) in [7, 11) is 0. The second-order valence-electron chi connectivity index (χ2n) is 4.60. The molecule has 2 amide bonds. The van der Waals surface area contributed by atoms with E-state index in [4.69, 9.17) is 5.84 Å². The number of rotatable bonds is 2. The molecular formula is C12H15N3O2. The van der Waals surface area contributed by atoms with E-state index in [1.165, 1.54) is 4.90 Å². The fourth-order valence-corrected chi connectivity index (χ4v) is 2.15. The van der Waals surface area contributed by atoms with E-state index in [1.54, 1.807) is 0 Å². The van der Waals surface area contributed by atoms with Gasteiger partial charge >= 0.3 is 0 Å². The van der Waals surface area contributed by atoms with Crippen molar-refractivity contribution in [3.63, 3.8) is 0 Å². The fourth-order valence-electron chi connectivity index (χ4n) is 2.15. The molecule has 5 heteroatoms. The topological polar surface area (TPSA) is 75.4 Å². The number of carbonyl (C=O) groups excluding carboxylic acids is 2. The van der Waals surface area contributed by atoms with E-state index in [1.807, 2.05) is 43.5 Å². The first kappa shape index (κ1) is 11.6. The first-order valence-corrected chi connectivity index (χ1v) is 5.39. The Labute approximate surface area is 99.6 Å². The summed E-state index contributed by atoms with van der Waals surface area (Å²) in [6, 6.07) is 7.49.